The Kier molecular flexibility index (Phi) is 4.68. The van der Waals surface area contributed by atoms with Gasteiger partial charge in [0.05, 0.1) is 11.6 Å². The van der Waals surface area contributed by atoms with Gasteiger partial charge < -0.3 is 11.1 Å². The highest BCUT2D eigenvalue weighted by Gasteiger charge is 2.22. The molecule has 3 N–H and O–H groups in total. The lowest BCUT2D eigenvalue weighted by Crippen LogP contribution is -2.30. The van der Waals surface area contributed by atoms with Crippen LogP contribution in [0.3, 0.4) is 0 Å². The van der Waals surface area contributed by atoms with E-state index in [9.17, 15) is 4.79 Å². The Bertz CT molecular complexity index is 598. The highest BCUT2D eigenvalue weighted by atomic mass is 35.5. The highest BCUT2D eigenvalue weighted by molar-refractivity contribution is 7.08. The molecule has 0 fully saturated rings. The van der Waals surface area contributed by atoms with Crippen LogP contribution in [0.1, 0.15) is 40.4 Å². The Hall–Kier alpha value is -1.52. The lowest BCUT2D eigenvalue weighted by Gasteiger charge is -2.26. The predicted molar refractivity (Wildman–Crippen MR) is 85.6 cm³/mol. The molecule has 1 aromatic heterocycles. The van der Waals surface area contributed by atoms with E-state index >= 15 is 0 Å². The van der Waals surface area contributed by atoms with Crippen LogP contribution in [0.4, 0.5) is 5.69 Å². The number of amides is 1. The van der Waals surface area contributed by atoms with E-state index in [1.807, 2.05) is 35.0 Å². The van der Waals surface area contributed by atoms with Gasteiger partial charge in [-0.3, -0.25) is 4.79 Å². The van der Waals surface area contributed by atoms with Gasteiger partial charge in [-0.1, -0.05) is 6.07 Å². The van der Waals surface area contributed by atoms with Crippen LogP contribution in [-0.2, 0) is 6.42 Å². The van der Waals surface area contributed by atoms with E-state index in [0.717, 1.165) is 30.5 Å². The Morgan fingerprint density at radius 1 is 1.35 bits per heavy atom. The number of carbonyl (C=O) groups excluding carboxylic acids is 1. The van der Waals surface area contributed by atoms with Crippen LogP contribution in [0.15, 0.2) is 35.0 Å². The molecule has 1 unspecified atom stereocenters. The second-order valence-corrected chi connectivity index (χ2v) is 5.67. The number of halogens is 1. The van der Waals surface area contributed by atoms with Gasteiger partial charge in [-0.25, -0.2) is 0 Å². The summed E-state index contributed by atoms with van der Waals surface area (Å²) < 4.78 is 0. The molecular weight excluding hydrogens is 292 g/mol. The third kappa shape index (κ3) is 2.97. The average molecular weight is 309 g/mol. The molecule has 1 aliphatic carbocycles. The number of anilines is 1. The molecule has 3 rings (SSSR count). The monoisotopic (exact) mass is 308 g/mol. The Balaban J connectivity index is 0.00000147. The summed E-state index contributed by atoms with van der Waals surface area (Å²) in [6.07, 6.45) is 3.13. The van der Waals surface area contributed by atoms with E-state index < -0.39 is 0 Å². The predicted octanol–water partition coefficient (Wildman–Crippen LogP) is 3.56. The molecule has 0 aliphatic heterocycles. The summed E-state index contributed by atoms with van der Waals surface area (Å²) in [5, 5.41) is 6.92. The minimum atomic E-state index is 0. The van der Waals surface area contributed by atoms with Gasteiger partial charge in [-0.2, -0.15) is 11.3 Å². The number of nitrogens with one attached hydrogen (secondary N) is 1. The van der Waals surface area contributed by atoms with Gasteiger partial charge in [-0.15, -0.1) is 12.4 Å². The topological polar surface area (TPSA) is 55.1 Å². The molecular formula is C15H17ClN2OS. The summed E-state index contributed by atoms with van der Waals surface area (Å²) in [4.78, 5) is 12.1. The second kappa shape index (κ2) is 6.29. The van der Waals surface area contributed by atoms with Crippen LogP contribution in [0.5, 0.6) is 0 Å². The third-order valence-corrected chi connectivity index (χ3v) is 4.25. The fraction of sp³-hybridized carbons (Fsp3) is 0.267. The van der Waals surface area contributed by atoms with E-state index in [1.54, 1.807) is 11.3 Å². The molecule has 0 radical (unpaired) electrons. The van der Waals surface area contributed by atoms with Crippen LogP contribution >= 0.6 is 23.7 Å². The van der Waals surface area contributed by atoms with Gasteiger partial charge in [0.1, 0.15) is 0 Å². The molecule has 2 aromatic rings. The number of nitrogen functional groups attached to an aromatic ring is 1. The molecule has 0 saturated heterocycles. The lowest BCUT2D eigenvalue weighted by molar-refractivity contribution is 0.0933. The molecule has 0 spiro atoms. The van der Waals surface area contributed by atoms with Crippen LogP contribution in [0.25, 0.3) is 0 Å². The highest BCUT2D eigenvalue weighted by Crippen LogP contribution is 2.31. The SMILES string of the molecule is Cl.Nc1ccc2c(c1)CCCC2NC(=O)c1ccsc1. The number of hydrogen-bond acceptors (Lipinski definition) is 3. The fourth-order valence-corrected chi connectivity index (χ4v) is 3.26. The maximum atomic E-state index is 12.1. The van der Waals surface area contributed by atoms with Crippen molar-refractivity contribution in [1.82, 2.24) is 5.32 Å². The number of hydrogen-bond donors (Lipinski definition) is 2. The summed E-state index contributed by atoms with van der Waals surface area (Å²) in [6.45, 7) is 0. The zero-order chi connectivity index (χ0) is 13.2. The van der Waals surface area contributed by atoms with E-state index in [2.05, 4.69) is 5.32 Å². The largest absolute Gasteiger partial charge is 0.399 e. The summed E-state index contributed by atoms with van der Waals surface area (Å²) in [5.41, 5.74) is 9.84. The number of carbonyl (C=O) groups is 1. The fourth-order valence-electron chi connectivity index (χ4n) is 2.62. The number of fused-ring (bicyclic) bond motifs is 1. The molecule has 1 aromatic carbocycles. The van der Waals surface area contributed by atoms with Gasteiger partial charge >= 0.3 is 0 Å². The second-order valence-electron chi connectivity index (χ2n) is 4.89. The molecule has 106 valence electrons. The van der Waals surface area contributed by atoms with Gasteiger partial charge in [0, 0.05) is 11.1 Å². The molecule has 5 heteroatoms. The van der Waals surface area contributed by atoms with Crippen LogP contribution in [0, 0.1) is 0 Å². The first-order valence-electron chi connectivity index (χ1n) is 6.45. The van der Waals surface area contributed by atoms with Crippen molar-refractivity contribution in [3.05, 3.63) is 51.7 Å². The molecule has 1 aliphatic rings. The minimum Gasteiger partial charge on any atom is -0.399 e. The molecule has 1 amide bonds. The maximum Gasteiger partial charge on any atom is 0.252 e. The Morgan fingerprint density at radius 2 is 2.20 bits per heavy atom. The van der Waals surface area contributed by atoms with Gasteiger partial charge in [-0.05, 0) is 54.0 Å². The summed E-state index contributed by atoms with van der Waals surface area (Å²) in [6, 6.07) is 7.94. The molecule has 0 bridgehead atoms. The van der Waals surface area contributed by atoms with Crippen molar-refractivity contribution in [2.24, 2.45) is 0 Å². The lowest BCUT2D eigenvalue weighted by atomic mass is 9.87. The van der Waals surface area contributed by atoms with Crippen LogP contribution < -0.4 is 11.1 Å². The first kappa shape index (κ1) is 14.9. The van der Waals surface area contributed by atoms with Gasteiger partial charge in [0.15, 0.2) is 0 Å². The summed E-state index contributed by atoms with van der Waals surface area (Å²) in [7, 11) is 0. The Morgan fingerprint density at radius 3 is 2.95 bits per heavy atom. The number of nitrogens with two attached hydrogens (primary N) is 1. The molecule has 1 heterocycles. The van der Waals surface area contributed by atoms with Crippen LogP contribution in [0.2, 0.25) is 0 Å². The van der Waals surface area contributed by atoms with Gasteiger partial charge in [0.2, 0.25) is 0 Å². The summed E-state index contributed by atoms with van der Waals surface area (Å²) in [5.74, 6) is 0.0101. The van der Waals surface area contributed by atoms with Crippen molar-refractivity contribution in [3.8, 4) is 0 Å². The molecule has 1 atom stereocenters. The third-order valence-electron chi connectivity index (χ3n) is 3.57. The number of rotatable bonds is 2. The van der Waals surface area contributed by atoms with E-state index in [0.29, 0.717) is 0 Å². The van der Waals surface area contributed by atoms with Crippen molar-refractivity contribution in [2.75, 3.05) is 5.73 Å². The minimum absolute atomic E-state index is 0. The van der Waals surface area contributed by atoms with Crippen molar-refractivity contribution in [2.45, 2.75) is 25.3 Å². The van der Waals surface area contributed by atoms with E-state index in [4.69, 9.17) is 5.73 Å². The normalized spacial score (nSPS) is 16.9. The van der Waals surface area contributed by atoms with Crippen molar-refractivity contribution >= 4 is 35.3 Å². The Labute approximate surface area is 128 Å². The quantitative estimate of drug-likeness (QED) is 0.833. The molecule has 20 heavy (non-hydrogen) atoms. The standard InChI is InChI=1S/C15H16N2OS.ClH/c16-12-4-5-13-10(8-12)2-1-3-14(13)17-15(18)11-6-7-19-9-11;/h4-9,14H,1-3,16H2,(H,17,18);1H. The van der Waals surface area contributed by atoms with Crippen molar-refractivity contribution in [3.63, 3.8) is 0 Å². The van der Waals surface area contributed by atoms with E-state index in [-0.39, 0.29) is 24.4 Å². The van der Waals surface area contributed by atoms with Crippen LogP contribution in [-0.4, -0.2) is 5.91 Å². The number of benzene rings is 1. The zero-order valence-corrected chi connectivity index (χ0v) is 12.6. The maximum absolute atomic E-state index is 12.1. The van der Waals surface area contributed by atoms with Crippen molar-refractivity contribution in [1.29, 1.82) is 0 Å². The first-order valence-corrected chi connectivity index (χ1v) is 7.39. The van der Waals surface area contributed by atoms with E-state index in [1.165, 1.54) is 11.1 Å². The smallest absolute Gasteiger partial charge is 0.252 e. The number of aryl methyl sites for hydroxylation is 1. The zero-order valence-electron chi connectivity index (χ0n) is 11.0. The molecule has 0 saturated carbocycles. The number of thiophene rings is 1. The summed E-state index contributed by atoms with van der Waals surface area (Å²) >= 11 is 1.54. The van der Waals surface area contributed by atoms with Crippen molar-refractivity contribution < 1.29 is 4.79 Å². The van der Waals surface area contributed by atoms with Gasteiger partial charge in [0.25, 0.3) is 5.91 Å². The first-order chi connectivity index (χ1) is 9.24. The average Bonchev–Trinajstić information content (AvgIpc) is 2.92. The molecule has 3 nitrogen and oxygen atoms in total.